The number of benzene rings is 2. The summed E-state index contributed by atoms with van der Waals surface area (Å²) in [6.07, 6.45) is 0. The second-order valence-electron chi connectivity index (χ2n) is 11.0. The summed E-state index contributed by atoms with van der Waals surface area (Å²) < 4.78 is 1.95. The fourth-order valence-corrected chi connectivity index (χ4v) is 4.77. The van der Waals surface area contributed by atoms with Gasteiger partial charge in [-0.15, -0.1) is 0 Å². The molecule has 0 fully saturated rings. The van der Waals surface area contributed by atoms with Gasteiger partial charge in [-0.05, 0) is 63.1 Å². The summed E-state index contributed by atoms with van der Waals surface area (Å²) in [5.74, 6) is 0.970. The predicted molar refractivity (Wildman–Crippen MR) is 193 cm³/mol. The molecule has 4 aromatic heterocycles. The summed E-state index contributed by atoms with van der Waals surface area (Å²) in [5.41, 5.74) is 7.26. The number of aromatic amines is 2. The van der Waals surface area contributed by atoms with Crippen LogP contribution in [0.4, 0.5) is 5.82 Å². The lowest BCUT2D eigenvalue weighted by molar-refractivity contribution is 0.818. The average molecular weight is 681 g/mol. The molecule has 0 aliphatic carbocycles. The predicted octanol–water partition coefficient (Wildman–Crippen LogP) is 4.99. The molecule has 0 amide bonds. The fraction of sp³-hybridized carbons (Fsp3) is 0.167. The third-order valence-electron chi connectivity index (χ3n) is 7.04. The van der Waals surface area contributed by atoms with E-state index in [1.54, 1.807) is 50.2 Å². The monoisotopic (exact) mass is 680 g/mol. The number of H-pyrrole nitrogens is 2. The van der Waals surface area contributed by atoms with Crippen LogP contribution in [-0.2, 0) is 0 Å². The van der Waals surface area contributed by atoms with Crippen molar-refractivity contribution in [3.8, 4) is 11.6 Å². The van der Waals surface area contributed by atoms with Gasteiger partial charge in [0.05, 0.1) is 0 Å². The van der Waals surface area contributed by atoms with Crippen LogP contribution in [0.2, 0.25) is 5.15 Å². The first-order chi connectivity index (χ1) is 23.4. The maximum Gasteiger partial charge on any atom is 0.335 e. The van der Waals surface area contributed by atoms with Crippen molar-refractivity contribution in [1.82, 2.24) is 29.1 Å². The molecule has 0 aliphatic heterocycles. The molecule has 0 spiro atoms. The van der Waals surface area contributed by atoms with Gasteiger partial charge in [-0.25, -0.2) is 28.7 Å². The quantitative estimate of drug-likeness (QED) is 0.178. The van der Waals surface area contributed by atoms with Gasteiger partial charge in [-0.2, -0.15) is 0 Å². The second-order valence-corrected chi connectivity index (χ2v) is 11.4. The molecular weight excluding hydrogens is 644 g/mol. The molecule has 12 nitrogen and oxygen atoms in total. The largest absolute Gasteiger partial charge is 0.365 e. The van der Waals surface area contributed by atoms with Crippen molar-refractivity contribution in [2.24, 2.45) is 5.73 Å². The number of hydrogen-bond donors (Lipinski definition) is 4. The topological polar surface area (TPSA) is 174 Å². The van der Waals surface area contributed by atoms with E-state index in [-0.39, 0.29) is 23.1 Å². The second kappa shape index (κ2) is 16.8. The Hall–Kier alpha value is -5.85. The number of aromatic nitrogens is 6. The molecule has 5 N–H and O–H groups in total. The van der Waals surface area contributed by atoms with Gasteiger partial charge in [-0.3, -0.25) is 19.6 Å². The van der Waals surface area contributed by atoms with E-state index < -0.39 is 22.5 Å². The third-order valence-corrected chi connectivity index (χ3v) is 7.24. The zero-order chi connectivity index (χ0) is 35.5. The third kappa shape index (κ3) is 10.1. The average Bonchev–Trinajstić information content (AvgIpc) is 3.05. The van der Waals surface area contributed by atoms with Gasteiger partial charge >= 0.3 is 11.4 Å². The first-order valence-corrected chi connectivity index (χ1v) is 15.7. The molecule has 49 heavy (non-hydrogen) atoms. The van der Waals surface area contributed by atoms with Crippen LogP contribution >= 0.6 is 11.6 Å². The maximum atomic E-state index is 12.4. The molecule has 13 heteroatoms. The minimum atomic E-state index is -0.601. The van der Waals surface area contributed by atoms with Gasteiger partial charge in [0.1, 0.15) is 22.6 Å². The number of halogens is 1. The Morgan fingerprint density at radius 2 is 1.12 bits per heavy atom. The van der Waals surface area contributed by atoms with E-state index in [9.17, 15) is 19.2 Å². The first kappa shape index (κ1) is 36.0. The van der Waals surface area contributed by atoms with Crippen LogP contribution in [0.3, 0.4) is 0 Å². The zero-order valence-corrected chi connectivity index (χ0v) is 28.2. The van der Waals surface area contributed by atoms with Crippen molar-refractivity contribution in [3.63, 3.8) is 0 Å². The summed E-state index contributed by atoms with van der Waals surface area (Å²) in [4.78, 5) is 61.2. The molecular formula is C36H37ClN8O4. The molecule has 0 aliphatic rings. The van der Waals surface area contributed by atoms with E-state index >= 15 is 0 Å². The number of aryl methyl sites for hydroxylation is 2. The molecule has 0 radical (unpaired) electrons. The zero-order valence-electron chi connectivity index (χ0n) is 27.4. The summed E-state index contributed by atoms with van der Waals surface area (Å²) in [7, 11) is 0. The molecule has 0 saturated carbocycles. The lowest BCUT2D eigenvalue weighted by Gasteiger charge is -2.15. The number of hydrogen-bond acceptors (Lipinski definition) is 8. The Kier molecular flexibility index (Phi) is 12.4. The van der Waals surface area contributed by atoms with Crippen molar-refractivity contribution in [2.45, 2.75) is 39.8 Å². The SMILES string of the molecule is C[C@H](N)c1ccccc1.Cc1cccc(-n2c(=O)cc(Cl)[nH]c2=O)n1.Cc1cccc(-n2c(=O)cc(N[C@@H](C)c3ccccc3)[nH]c2=O)n1. The van der Waals surface area contributed by atoms with Gasteiger partial charge in [0.25, 0.3) is 11.1 Å². The molecule has 2 aromatic carbocycles. The number of nitrogens with two attached hydrogens (primary N) is 1. The van der Waals surface area contributed by atoms with E-state index in [0.717, 1.165) is 32.2 Å². The van der Waals surface area contributed by atoms with Crippen LogP contribution in [0.5, 0.6) is 0 Å². The fourth-order valence-electron chi connectivity index (χ4n) is 4.60. The number of pyridine rings is 2. The van der Waals surface area contributed by atoms with Crippen LogP contribution in [0.15, 0.2) is 128 Å². The number of anilines is 1. The normalized spacial score (nSPS) is 11.6. The summed E-state index contributed by atoms with van der Waals surface area (Å²) >= 11 is 5.55. The maximum absolute atomic E-state index is 12.4. The van der Waals surface area contributed by atoms with E-state index in [0.29, 0.717) is 11.6 Å². The van der Waals surface area contributed by atoms with Gasteiger partial charge in [0.2, 0.25) is 0 Å². The highest BCUT2D eigenvalue weighted by atomic mass is 35.5. The number of nitrogens with one attached hydrogen (secondary N) is 3. The van der Waals surface area contributed by atoms with Crippen LogP contribution in [0.1, 0.15) is 48.4 Å². The van der Waals surface area contributed by atoms with Crippen molar-refractivity contribution < 1.29 is 0 Å². The highest BCUT2D eigenvalue weighted by Gasteiger charge is 2.11. The lowest BCUT2D eigenvalue weighted by Crippen LogP contribution is -2.34. The number of rotatable bonds is 6. The summed E-state index contributed by atoms with van der Waals surface area (Å²) in [6, 6.07) is 32.7. The molecule has 252 valence electrons. The van der Waals surface area contributed by atoms with E-state index in [4.69, 9.17) is 17.3 Å². The van der Waals surface area contributed by atoms with Gasteiger partial charge in [0, 0.05) is 35.6 Å². The van der Waals surface area contributed by atoms with Crippen molar-refractivity contribution in [3.05, 3.63) is 179 Å². The summed E-state index contributed by atoms with van der Waals surface area (Å²) in [6.45, 7) is 7.52. The first-order valence-electron chi connectivity index (χ1n) is 15.3. The van der Waals surface area contributed by atoms with Gasteiger partial charge in [-0.1, -0.05) is 84.4 Å². The van der Waals surface area contributed by atoms with Crippen LogP contribution in [0.25, 0.3) is 11.6 Å². The molecule has 6 aromatic rings. The standard InChI is InChI=1S/C18H18N4O2.C10H8ClN3O2.C8H11N/c1-12-7-6-10-16(19-12)22-17(23)11-15(21-18(22)24)20-13(2)14-8-4-3-5-9-14;1-6-3-2-4-8(12-6)14-9(15)5-7(11)13-10(14)16;1-7(9)8-5-3-2-4-6-8/h3-11,13,20H,1-2H3,(H,21,24);2-5H,1H3,(H,13,16);2-7H,9H2,1H3/t13-;;7-/m0.0/s1. The van der Waals surface area contributed by atoms with E-state index in [1.165, 1.54) is 11.6 Å². The Labute approximate surface area is 286 Å². The smallest absolute Gasteiger partial charge is 0.335 e. The number of nitrogens with zero attached hydrogens (tertiary/aromatic N) is 4. The Balaban J connectivity index is 0.000000185. The Morgan fingerprint density at radius 1 is 0.653 bits per heavy atom. The van der Waals surface area contributed by atoms with Crippen LogP contribution < -0.4 is 33.5 Å². The van der Waals surface area contributed by atoms with Gasteiger partial charge in [0.15, 0.2) is 0 Å². The Morgan fingerprint density at radius 3 is 1.55 bits per heavy atom. The lowest BCUT2D eigenvalue weighted by atomic mass is 10.1. The molecule has 4 heterocycles. The summed E-state index contributed by atoms with van der Waals surface area (Å²) in [5, 5.41) is 3.15. The van der Waals surface area contributed by atoms with Crippen LogP contribution in [-0.4, -0.2) is 29.1 Å². The van der Waals surface area contributed by atoms with Crippen LogP contribution in [0, 0.1) is 13.8 Å². The Bertz CT molecular complexity index is 2170. The molecule has 2 atom stereocenters. The molecule has 0 saturated heterocycles. The minimum absolute atomic E-state index is 0.0129. The highest BCUT2D eigenvalue weighted by molar-refractivity contribution is 6.29. The van der Waals surface area contributed by atoms with Crippen molar-refractivity contribution >= 4 is 17.4 Å². The molecule has 0 unspecified atom stereocenters. The van der Waals surface area contributed by atoms with Crippen molar-refractivity contribution in [1.29, 1.82) is 0 Å². The van der Waals surface area contributed by atoms with Gasteiger partial charge < -0.3 is 11.1 Å². The van der Waals surface area contributed by atoms with Crippen molar-refractivity contribution in [2.75, 3.05) is 5.32 Å². The molecule has 0 bridgehead atoms. The molecule has 6 rings (SSSR count). The van der Waals surface area contributed by atoms with E-state index in [2.05, 4.69) is 25.3 Å². The minimum Gasteiger partial charge on any atom is -0.365 e. The van der Waals surface area contributed by atoms with E-state index in [1.807, 2.05) is 74.5 Å². The highest BCUT2D eigenvalue weighted by Crippen LogP contribution is 2.16.